The Morgan fingerprint density at radius 2 is 2.15 bits per heavy atom. The van der Waals surface area contributed by atoms with Crippen molar-refractivity contribution in [2.24, 2.45) is 0 Å². The molecular formula is C18H22ClFN4O3. The average molecular weight is 397 g/mol. The van der Waals surface area contributed by atoms with Gasteiger partial charge < -0.3 is 19.5 Å². The molecule has 0 amide bonds. The smallest absolute Gasteiger partial charge is 0.237 e. The van der Waals surface area contributed by atoms with Crippen LogP contribution in [0.25, 0.3) is 0 Å². The summed E-state index contributed by atoms with van der Waals surface area (Å²) in [6.45, 7) is 3.43. The minimum absolute atomic E-state index is 0.0273. The Morgan fingerprint density at radius 3 is 2.89 bits per heavy atom. The second-order valence-corrected chi connectivity index (χ2v) is 6.34. The van der Waals surface area contributed by atoms with Gasteiger partial charge in [-0.2, -0.15) is 4.98 Å². The van der Waals surface area contributed by atoms with Gasteiger partial charge in [0.15, 0.2) is 0 Å². The monoisotopic (exact) mass is 396 g/mol. The maximum Gasteiger partial charge on any atom is 0.237 e. The van der Waals surface area contributed by atoms with Gasteiger partial charge in [-0.05, 0) is 17.7 Å². The molecule has 1 fully saturated rings. The fourth-order valence-electron chi connectivity index (χ4n) is 2.73. The molecule has 1 aromatic heterocycles. The zero-order valence-electron chi connectivity index (χ0n) is 15.1. The van der Waals surface area contributed by atoms with Gasteiger partial charge in [0.2, 0.25) is 11.8 Å². The van der Waals surface area contributed by atoms with Crippen molar-refractivity contribution in [1.82, 2.24) is 14.9 Å². The Bertz CT molecular complexity index is 759. The van der Waals surface area contributed by atoms with E-state index in [-0.39, 0.29) is 12.5 Å². The number of anilines is 2. The summed E-state index contributed by atoms with van der Waals surface area (Å²) in [5.41, 5.74) is 1.71. The first-order valence-corrected chi connectivity index (χ1v) is 9.02. The number of methoxy groups -OCH3 is 1. The highest BCUT2D eigenvalue weighted by Gasteiger charge is 2.14. The molecule has 7 nitrogen and oxygen atoms in total. The van der Waals surface area contributed by atoms with Crippen LogP contribution < -0.4 is 14.8 Å². The number of hydrogen-bond acceptors (Lipinski definition) is 7. The number of nitrogens with zero attached hydrogens (tertiary/aromatic N) is 3. The van der Waals surface area contributed by atoms with E-state index in [2.05, 4.69) is 20.2 Å². The Hall–Kier alpha value is -2.16. The Labute approximate surface area is 162 Å². The van der Waals surface area contributed by atoms with E-state index in [9.17, 15) is 4.39 Å². The summed E-state index contributed by atoms with van der Waals surface area (Å²) in [6.07, 6.45) is 1.45. The summed E-state index contributed by atoms with van der Waals surface area (Å²) in [5, 5.41) is 3.39. The van der Waals surface area contributed by atoms with Crippen molar-refractivity contribution in [3.8, 4) is 11.6 Å². The first-order valence-electron chi connectivity index (χ1n) is 8.65. The lowest BCUT2D eigenvalue weighted by atomic mass is 10.1. The molecule has 3 rings (SSSR count). The van der Waals surface area contributed by atoms with Crippen LogP contribution in [-0.2, 0) is 11.3 Å². The molecule has 0 aliphatic carbocycles. The van der Waals surface area contributed by atoms with Gasteiger partial charge in [0.05, 0.1) is 32.2 Å². The van der Waals surface area contributed by atoms with Crippen LogP contribution in [0.4, 0.5) is 16.0 Å². The molecule has 0 atom stereocenters. The molecule has 0 bridgehead atoms. The predicted molar refractivity (Wildman–Crippen MR) is 101 cm³/mol. The fraction of sp³-hybridized carbons (Fsp3) is 0.444. The molecule has 2 aromatic rings. The van der Waals surface area contributed by atoms with Crippen molar-refractivity contribution in [3.05, 3.63) is 35.0 Å². The van der Waals surface area contributed by atoms with Gasteiger partial charge in [-0.1, -0.05) is 17.7 Å². The molecule has 9 heteroatoms. The number of aromatic nitrogens is 2. The zero-order valence-corrected chi connectivity index (χ0v) is 15.8. The number of nitrogens with one attached hydrogen (secondary N) is 1. The van der Waals surface area contributed by atoms with Crippen LogP contribution in [0, 0.1) is 0 Å². The van der Waals surface area contributed by atoms with E-state index in [1.807, 2.05) is 18.2 Å². The molecule has 0 radical (unpaired) electrons. The van der Waals surface area contributed by atoms with E-state index in [1.165, 1.54) is 13.3 Å². The topological polar surface area (TPSA) is 68.7 Å². The third-order valence-electron chi connectivity index (χ3n) is 4.04. The molecule has 146 valence electrons. The van der Waals surface area contributed by atoms with Crippen LogP contribution in [0.3, 0.4) is 0 Å². The maximum absolute atomic E-state index is 12.6. The second kappa shape index (κ2) is 9.68. The molecule has 1 aromatic carbocycles. The van der Waals surface area contributed by atoms with Gasteiger partial charge in [-0.15, -0.1) is 0 Å². The van der Waals surface area contributed by atoms with Gasteiger partial charge in [0.25, 0.3) is 0 Å². The van der Waals surface area contributed by atoms with Crippen LogP contribution in [-0.4, -0.2) is 61.6 Å². The third-order valence-corrected chi connectivity index (χ3v) is 4.30. The van der Waals surface area contributed by atoms with Crippen LogP contribution >= 0.6 is 11.6 Å². The number of hydrogen-bond donors (Lipinski definition) is 1. The average Bonchev–Trinajstić information content (AvgIpc) is 2.70. The second-order valence-electron chi connectivity index (χ2n) is 5.93. The maximum atomic E-state index is 12.6. The molecule has 0 unspecified atom stereocenters. The standard InChI is InChI=1S/C18H22ClFN4O3/c1-25-17-14(19)11-21-18(23-17)22-15-3-2-13(10-16(15)27-7-4-20)12-24-5-8-26-9-6-24/h2-3,10-11H,4-9,12H2,1H3,(H,21,22,23). The summed E-state index contributed by atoms with van der Waals surface area (Å²) in [5.74, 6) is 1.11. The number of rotatable bonds is 8. The Morgan fingerprint density at radius 1 is 1.33 bits per heavy atom. The van der Waals surface area contributed by atoms with Gasteiger partial charge in [0.1, 0.15) is 24.1 Å². The van der Waals surface area contributed by atoms with Crippen molar-refractivity contribution in [2.45, 2.75) is 6.54 Å². The minimum atomic E-state index is -0.571. The third kappa shape index (κ3) is 5.41. The molecule has 0 spiro atoms. The number of morpholine rings is 1. The first-order chi connectivity index (χ1) is 13.2. The van der Waals surface area contributed by atoms with Crippen LogP contribution in [0.5, 0.6) is 11.6 Å². The normalized spacial score (nSPS) is 14.8. The van der Waals surface area contributed by atoms with Gasteiger partial charge >= 0.3 is 0 Å². The zero-order chi connectivity index (χ0) is 19.1. The number of alkyl halides is 1. The predicted octanol–water partition coefficient (Wildman–Crippen LogP) is 3.06. The number of halogens is 2. The fourth-order valence-corrected chi connectivity index (χ4v) is 2.90. The SMILES string of the molecule is COc1nc(Nc2ccc(CN3CCOCC3)cc2OCCF)ncc1Cl. The van der Waals surface area contributed by atoms with E-state index in [0.29, 0.717) is 22.4 Å². The Kier molecular flexibility index (Phi) is 7.03. The molecule has 27 heavy (non-hydrogen) atoms. The van der Waals surface area contributed by atoms with Gasteiger partial charge in [-0.25, -0.2) is 9.37 Å². The molecule has 1 aliphatic rings. The summed E-state index contributed by atoms with van der Waals surface area (Å²) in [7, 11) is 1.48. The van der Waals surface area contributed by atoms with E-state index >= 15 is 0 Å². The Balaban J connectivity index is 1.78. The molecule has 2 heterocycles. The van der Waals surface area contributed by atoms with Gasteiger partial charge in [0, 0.05) is 19.6 Å². The van der Waals surface area contributed by atoms with E-state index in [0.717, 1.165) is 38.4 Å². The molecule has 1 aliphatic heterocycles. The molecule has 0 saturated carbocycles. The summed E-state index contributed by atoms with van der Waals surface area (Å²) in [6, 6.07) is 5.77. The van der Waals surface area contributed by atoms with E-state index in [4.69, 9.17) is 25.8 Å². The lowest BCUT2D eigenvalue weighted by Gasteiger charge is -2.26. The van der Waals surface area contributed by atoms with Crippen molar-refractivity contribution in [2.75, 3.05) is 52.0 Å². The van der Waals surface area contributed by atoms with Crippen LogP contribution in [0.1, 0.15) is 5.56 Å². The van der Waals surface area contributed by atoms with Crippen LogP contribution in [0.15, 0.2) is 24.4 Å². The largest absolute Gasteiger partial charge is 0.489 e. The molecule has 1 saturated heterocycles. The van der Waals surface area contributed by atoms with Crippen molar-refractivity contribution < 1.29 is 18.6 Å². The highest BCUT2D eigenvalue weighted by Crippen LogP contribution is 2.30. The van der Waals surface area contributed by atoms with Crippen molar-refractivity contribution in [1.29, 1.82) is 0 Å². The van der Waals surface area contributed by atoms with Gasteiger partial charge in [-0.3, -0.25) is 4.90 Å². The highest BCUT2D eigenvalue weighted by atomic mass is 35.5. The molecular weight excluding hydrogens is 375 g/mol. The number of ether oxygens (including phenoxy) is 3. The minimum Gasteiger partial charge on any atom is -0.489 e. The lowest BCUT2D eigenvalue weighted by Crippen LogP contribution is -2.35. The quantitative estimate of drug-likeness (QED) is 0.735. The molecule has 1 N–H and O–H groups in total. The van der Waals surface area contributed by atoms with Crippen molar-refractivity contribution in [3.63, 3.8) is 0 Å². The first kappa shape index (κ1) is 19.6. The highest BCUT2D eigenvalue weighted by molar-refractivity contribution is 6.31. The summed E-state index contributed by atoms with van der Waals surface area (Å²) < 4.78 is 28.7. The lowest BCUT2D eigenvalue weighted by molar-refractivity contribution is 0.0341. The summed E-state index contributed by atoms with van der Waals surface area (Å²) >= 11 is 5.95. The summed E-state index contributed by atoms with van der Waals surface area (Å²) in [4.78, 5) is 10.6. The van der Waals surface area contributed by atoms with E-state index in [1.54, 1.807) is 0 Å². The van der Waals surface area contributed by atoms with Crippen molar-refractivity contribution >= 4 is 23.2 Å². The van der Waals surface area contributed by atoms with E-state index < -0.39 is 6.67 Å². The van der Waals surface area contributed by atoms with Crippen LogP contribution in [0.2, 0.25) is 5.02 Å². The number of benzene rings is 1.